The van der Waals surface area contributed by atoms with E-state index in [0.717, 1.165) is 15.6 Å². The van der Waals surface area contributed by atoms with Gasteiger partial charge in [-0.2, -0.15) is 0 Å². The first-order valence-corrected chi connectivity index (χ1v) is 8.47. The van der Waals surface area contributed by atoms with E-state index in [0.29, 0.717) is 16.4 Å². The fourth-order valence-corrected chi connectivity index (χ4v) is 4.20. The van der Waals surface area contributed by atoms with Crippen LogP contribution in [0.15, 0.2) is 4.34 Å². The van der Waals surface area contributed by atoms with Gasteiger partial charge in [0, 0.05) is 18.3 Å². The van der Waals surface area contributed by atoms with Crippen LogP contribution in [0.2, 0.25) is 0 Å². The number of Topliss-reactive ketones (excluding diaryl/α,β-unsaturated/α-hetero) is 2. The number of aromatic amines is 1. The van der Waals surface area contributed by atoms with E-state index in [-0.39, 0.29) is 16.8 Å². The standard InChI is InChI=1S/C14H18N4O2S2/c1-6-10(8(3)19)7(2)16-11(6)12(20)9(4)21-14-18-17-13(15-5)22-14/h9,16H,1-5H3,(H,15,17). The Morgan fingerprint density at radius 1 is 1.32 bits per heavy atom. The van der Waals surface area contributed by atoms with E-state index >= 15 is 0 Å². The van der Waals surface area contributed by atoms with Crippen molar-refractivity contribution in [2.75, 3.05) is 12.4 Å². The van der Waals surface area contributed by atoms with Crippen LogP contribution in [0.5, 0.6) is 0 Å². The summed E-state index contributed by atoms with van der Waals surface area (Å²) >= 11 is 2.77. The van der Waals surface area contributed by atoms with Gasteiger partial charge in [0.2, 0.25) is 5.13 Å². The number of ketones is 2. The molecule has 0 saturated carbocycles. The molecule has 0 amide bonds. The zero-order valence-electron chi connectivity index (χ0n) is 13.1. The highest BCUT2D eigenvalue weighted by Crippen LogP contribution is 2.31. The number of aryl methyl sites for hydroxylation is 1. The average Bonchev–Trinajstić information content (AvgIpc) is 3.02. The highest BCUT2D eigenvalue weighted by molar-refractivity contribution is 8.02. The molecule has 0 fully saturated rings. The van der Waals surface area contributed by atoms with Gasteiger partial charge in [0.25, 0.3) is 0 Å². The highest BCUT2D eigenvalue weighted by atomic mass is 32.2. The summed E-state index contributed by atoms with van der Waals surface area (Å²) in [4.78, 5) is 27.3. The Kier molecular flexibility index (Phi) is 5.02. The lowest BCUT2D eigenvalue weighted by Gasteiger charge is -2.07. The van der Waals surface area contributed by atoms with Gasteiger partial charge in [-0.1, -0.05) is 23.1 Å². The van der Waals surface area contributed by atoms with Crippen molar-refractivity contribution in [1.82, 2.24) is 15.2 Å². The van der Waals surface area contributed by atoms with Crippen LogP contribution in [-0.2, 0) is 0 Å². The smallest absolute Gasteiger partial charge is 0.206 e. The van der Waals surface area contributed by atoms with Gasteiger partial charge in [-0.05, 0) is 33.3 Å². The second-order valence-electron chi connectivity index (χ2n) is 4.93. The third-order valence-electron chi connectivity index (χ3n) is 3.30. The molecule has 0 radical (unpaired) electrons. The molecular formula is C14H18N4O2S2. The second-order valence-corrected chi connectivity index (χ2v) is 7.49. The highest BCUT2D eigenvalue weighted by Gasteiger charge is 2.25. The second kappa shape index (κ2) is 6.62. The lowest BCUT2D eigenvalue weighted by Crippen LogP contribution is -2.15. The third kappa shape index (κ3) is 3.22. The molecule has 0 spiro atoms. The molecule has 0 aliphatic carbocycles. The number of carbonyl (C=O) groups excluding carboxylic acids is 2. The Hall–Kier alpha value is -1.67. The van der Waals surface area contributed by atoms with E-state index in [1.807, 2.05) is 13.8 Å². The maximum absolute atomic E-state index is 12.6. The number of anilines is 1. The Morgan fingerprint density at radius 3 is 2.50 bits per heavy atom. The van der Waals surface area contributed by atoms with Crippen LogP contribution in [0.4, 0.5) is 5.13 Å². The van der Waals surface area contributed by atoms with E-state index in [9.17, 15) is 9.59 Å². The summed E-state index contributed by atoms with van der Waals surface area (Å²) < 4.78 is 0.734. The molecule has 1 atom stereocenters. The van der Waals surface area contributed by atoms with Crippen molar-refractivity contribution < 1.29 is 9.59 Å². The summed E-state index contributed by atoms with van der Waals surface area (Å²) in [5.41, 5.74) is 2.56. The van der Waals surface area contributed by atoms with E-state index in [1.54, 1.807) is 14.0 Å². The van der Waals surface area contributed by atoms with Gasteiger partial charge in [0.15, 0.2) is 15.9 Å². The predicted octanol–water partition coefficient (Wildman–Crippen LogP) is 3.09. The molecule has 0 bridgehead atoms. The number of hydrogen-bond donors (Lipinski definition) is 2. The van der Waals surface area contributed by atoms with Crippen LogP contribution in [0, 0.1) is 13.8 Å². The molecule has 0 aliphatic heterocycles. The number of aromatic nitrogens is 3. The van der Waals surface area contributed by atoms with Crippen LogP contribution < -0.4 is 5.32 Å². The lowest BCUT2D eigenvalue weighted by molar-refractivity contribution is 0.0988. The fraction of sp³-hybridized carbons (Fsp3) is 0.429. The van der Waals surface area contributed by atoms with Gasteiger partial charge >= 0.3 is 0 Å². The number of carbonyl (C=O) groups is 2. The van der Waals surface area contributed by atoms with Gasteiger partial charge < -0.3 is 10.3 Å². The maximum Gasteiger partial charge on any atom is 0.206 e. The quantitative estimate of drug-likeness (QED) is 0.621. The zero-order valence-corrected chi connectivity index (χ0v) is 14.7. The molecule has 0 saturated heterocycles. The first kappa shape index (κ1) is 16.7. The van der Waals surface area contributed by atoms with E-state index in [1.165, 1.54) is 30.0 Å². The van der Waals surface area contributed by atoms with Crippen molar-refractivity contribution in [2.24, 2.45) is 0 Å². The van der Waals surface area contributed by atoms with Crippen molar-refractivity contribution in [3.63, 3.8) is 0 Å². The Balaban J connectivity index is 2.20. The monoisotopic (exact) mass is 338 g/mol. The molecule has 2 heterocycles. The lowest BCUT2D eigenvalue weighted by atomic mass is 10.0. The SMILES string of the molecule is CNc1nnc(SC(C)C(=O)c2[nH]c(C)c(C(C)=O)c2C)s1. The molecule has 0 aliphatic rings. The molecule has 8 heteroatoms. The van der Waals surface area contributed by atoms with Crippen molar-refractivity contribution >= 4 is 39.8 Å². The Morgan fingerprint density at radius 2 is 2.00 bits per heavy atom. The average molecular weight is 338 g/mol. The normalized spacial score (nSPS) is 12.2. The minimum Gasteiger partial charge on any atom is -0.363 e. The molecule has 2 rings (SSSR count). The molecule has 2 aromatic rings. The third-order valence-corrected chi connectivity index (χ3v) is 5.43. The number of nitrogens with one attached hydrogen (secondary N) is 2. The number of hydrogen-bond acceptors (Lipinski definition) is 7. The summed E-state index contributed by atoms with van der Waals surface area (Å²) in [6, 6.07) is 0. The minimum absolute atomic E-state index is 0.0339. The van der Waals surface area contributed by atoms with Crippen LogP contribution in [0.1, 0.15) is 46.0 Å². The van der Waals surface area contributed by atoms with Gasteiger partial charge in [-0.15, -0.1) is 10.2 Å². The van der Waals surface area contributed by atoms with Crippen molar-refractivity contribution in [3.05, 3.63) is 22.5 Å². The molecule has 1 unspecified atom stereocenters. The topological polar surface area (TPSA) is 87.7 Å². The fourth-order valence-electron chi connectivity index (χ4n) is 2.29. The van der Waals surface area contributed by atoms with Gasteiger partial charge in [0.05, 0.1) is 10.9 Å². The molecule has 118 valence electrons. The van der Waals surface area contributed by atoms with Crippen molar-refractivity contribution in [1.29, 1.82) is 0 Å². The first-order chi connectivity index (χ1) is 10.3. The largest absolute Gasteiger partial charge is 0.363 e. The maximum atomic E-state index is 12.6. The molecule has 22 heavy (non-hydrogen) atoms. The summed E-state index contributed by atoms with van der Waals surface area (Å²) in [5.74, 6) is -0.0762. The summed E-state index contributed by atoms with van der Waals surface area (Å²) in [6.45, 7) is 6.95. The van der Waals surface area contributed by atoms with Crippen LogP contribution in [-0.4, -0.2) is 39.0 Å². The van der Waals surface area contributed by atoms with Crippen LogP contribution >= 0.6 is 23.1 Å². The number of nitrogens with zero attached hydrogens (tertiary/aromatic N) is 2. The van der Waals surface area contributed by atoms with E-state index < -0.39 is 0 Å². The number of thioether (sulfide) groups is 1. The van der Waals surface area contributed by atoms with Gasteiger partial charge in [-0.3, -0.25) is 9.59 Å². The molecule has 2 N–H and O–H groups in total. The Bertz CT molecular complexity index is 720. The molecule has 2 aromatic heterocycles. The minimum atomic E-state index is -0.311. The Labute approximate surface area is 137 Å². The van der Waals surface area contributed by atoms with Gasteiger partial charge in [-0.25, -0.2) is 0 Å². The molecule has 6 nitrogen and oxygen atoms in total. The number of H-pyrrole nitrogens is 1. The van der Waals surface area contributed by atoms with Gasteiger partial charge in [0.1, 0.15) is 0 Å². The summed E-state index contributed by atoms with van der Waals surface area (Å²) in [6.07, 6.45) is 0. The van der Waals surface area contributed by atoms with E-state index in [4.69, 9.17) is 0 Å². The molecular weight excluding hydrogens is 320 g/mol. The summed E-state index contributed by atoms with van der Waals surface area (Å²) in [5, 5.41) is 11.3. The summed E-state index contributed by atoms with van der Waals surface area (Å²) in [7, 11) is 1.78. The van der Waals surface area contributed by atoms with E-state index in [2.05, 4.69) is 20.5 Å². The predicted molar refractivity (Wildman–Crippen MR) is 89.4 cm³/mol. The first-order valence-electron chi connectivity index (χ1n) is 6.77. The van der Waals surface area contributed by atoms with Crippen LogP contribution in [0.25, 0.3) is 0 Å². The van der Waals surface area contributed by atoms with Crippen molar-refractivity contribution in [3.8, 4) is 0 Å². The number of rotatable bonds is 6. The molecule has 0 aromatic carbocycles. The van der Waals surface area contributed by atoms with Crippen LogP contribution in [0.3, 0.4) is 0 Å². The zero-order chi connectivity index (χ0) is 16.4. The van der Waals surface area contributed by atoms with Crippen molar-refractivity contribution in [2.45, 2.75) is 37.3 Å².